The van der Waals surface area contributed by atoms with Crippen LogP contribution < -0.4 is 10.5 Å². The van der Waals surface area contributed by atoms with E-state index in [1.807, 2.05) is 0 Å². The van der Waals surface area contributed by atoms with E-state index in [0.717, 1.165) is 0 Å². The molecule has 0 saturated heterocycles. The minimum absolute atomic E-state index is 0.00985. The zero-order valence-electron chi connectivity index (χ0n) is 9.07. The normalized spacial score (nSPS) is 12.4. The van der Waals surface area contributed by atoms with Crippen molar-refractivity contribution in [1.82, 2.24) is 20.3 Å². The average molecular weight is 237 g/mol. The van der Waals surface area contributed by atoms with E-state index in [0.29, 0.717) is 11.6 Å². The molecule has 2 heterocycles. The van der Waals surface area contributed by atoms with E-state index in [-0.39, 0.29) is 18.3 Å². The molecule has 0 saturated carbocycles. The lowest BCUT2D eigenvalue weighted by atomic mass is 10.3. The van der Waals surface area contributed by atoms with Gasteiger partial charge < -0.3 is 20.1 Å². The number of aromatic nitrogens is 4. The van der Waals surface area contributed by atoms with E-state index in [1.165, 1.54) is 7.11 Å². The molecule has 0 amide bonds. The molecule has 0 aromatic carbocycles. The third-order valence-electron chi connectivity index (χ3n) is 2.03. The maximum absolute atomic E-state index is 9.39. The van der Waals surface area contributed by atoms with Crippen LogP contribution in [0.2, 0.25) is 0 Å². The van der Waals surface area contributed by atoms with Crippen molar-refractivity contribution in [1.29, 1.82) is 0 Å². The molecule has 2 rings (SSSR count). The molecule has 0 aliphatic carbocycles. The molecule has 2 aromatic rings. The Kier molecular flexibility index (Phi) is 3.26. The summed E-state index contributed by atoms with van der Waals surface area (Å²) in [6.45, 7) is 0.00985. The molecule has 1 atom stereocenters. The smallest absolute Gasteiger partial charge is 0.257 e. The first-order valence-electron chi connectivity index (χ1n) is 4.84. The minimum atomic E-state index is -0.970. The highest BCUT2D eigenvalue weighted by molar-refractivity contribution is 5.47. The summed E-state index contributed by atoms with van der Waals surface area (Å²) in [5, 5.41) is 20.7. The van der Waals surface area contributed by atoms with Gasteiger partial charge in [0.1, 0.15) is 11.8 Å². The minimum Gasteiger partial charge on any atom is -0.480 e. The van der Waals surface area contributed by atoms with Gasteiger partial charge in [-0.05, 0) is 6.07 Å². The van der Waals surface area contributed by atoms with Crippen LogP contribution in [-0.2, 0) is 0 Å². The van der Waals surface area contributed by atoms with E-state index < -0.39 is 6.10 Å². The van der Waals surface area contributed by atoms with Gasteiger partial charge >= 0.3 is 0 Å². The highest BCUT2D eigenvalue weighted by Gasteiger charge is 2.16. The van der Waals surface area contributed by atoms with Gasteiger partial charge in [-0.1, -0.05) is 5.16 Å². The van der Waals surface area contributed by atoms with Crippen molar-refractivity contribution in [2.24, 2.45) is 5.73 Å². The molecular formula is C9H11N5O3. The number of aliphatic hydroxyl groups is 1. The molecule has 90 valence electrons. The lowest BCUT2D eigenvalue weighted by Gasteiger charge is -1.98. The van der Waals surface area contributed by atoms with Crippen LogP contribution in [0, 0.1) is 0 Å². The number of methoxy groups -OCH3 is 1. The first-order chi connectivity index (χ1) is 8.24. The second kappa shape index (κ2) is 4.85. The van der Waals surface area contributed by atoms with Crippen molar-refractivity contribution in [3.8, 4) is 17.4 Å². The lowest BCUT2D eigenvalue weighted by molar-refractivity contribution is 0.141. The Morgan fingerprint density at radius 2 is 2.29 bits per heavy atom. The molecule has 0 fully saturated rings. The largest absolute Gasteiger partial charge is 0.480 e. The molecule has 8 heteroatoms. The highest BCUT2D eigenvalue weighted by atomic mass is 16.5. The lowest BCUT2D eigenvalue weighted by Crippen LogP contribution is -2.11. The first-order valence-corrected chi connectivity index (χ1v) is 4.84. The predicted molar refractivity (Wildman–Crippen MR) is 55.9 cm³/mol. The Hall–Kier alpha value is -2.06. The monoisotopic (exact) mass is 237 g/mol. The topological polar surface area (TPSA) is 120 Å². The van der Waals surface area contributed by atoms with E-state index >= 15 is 0 Å². The zero-order chi connectivity index (χ0) is 12.3. The van der Waals surface area contributed by atoms with Crippen LogP contribution in [0.3, 0.4) is 0 Å². The van der Waals surface area contributed by atoms with Gasteiger partial charge in [-0.2, -0.15) is 4.98 Å². The summed E-state index contributed by atoms with van der Waals surface area (Å²) in [5.41, 5.74) is 5.69. The quantitative estimate of drug-likeness (QED) is 0.731. The number of nitrogens with two attached hydrogens (primary N) is 1. The van der Waals surface area contributed by atoms with Gasteiger partial charge in [0, 0.05) is 12.6 Å². The average Bonchev–Trinajstić information content (AvgIpc) is 2.87. The second-order valence-corrected chi connectivity index (χ2v) is 3.17. The number of nitrogens with zero attached hydrogens (tertiary/aromatic N) is 4. The van der Waals surface area contributed by atoms with Crippen molar-refractivity contribution in [3.05, 3.63) is 18.0 Å². The summed E-state index contributed by atoms with van der Waals surface area (Å²) in [6, 6.07) is 3.26. The summed E-state index contributed by atoms with van der Waals surface area (Å²) < 4.78 is 9.71. The maximum Gasteiger partial charge on any atom is 0.257 e. The summed E-state index contributed by atoms with van der Waals surface area (Å²) in [5.74, 6) is 0.683. The van der Waals surface area contributed by atoms with Gasteiger partial charge in [0.05, 0.1) is 7.11 Å². The standard InChI is InChI=1S/C9H11N5O3/c1-16-7-3-2-5(12-13-7)8-11-9(17-14-8)6(15)4-10/h2-3,6,15H,4,10H2,1H3. The number of ether oxygens (including phenoxy) is 1. The molecule has 2 aromatic heterocycles. The fourth-order valence-corrected chi connectivity index (χ4v) is 1.12. The molecule has 0 aliphatic heterocycles. The van der Waals surface area contributed by atoms with Gasteiger partial charge in [-0.3, -0.25) is 0 Å². The third-order valence-corrected chi connectivity index (χ3v) is 2.03. The van der Waals surface area contributed by atoms with E-state index in [2.05, 4.69) is 20.3 Å². The molecule has 0 bridgehead atoms. The van der Waals surface area contributed by atoms with Crippen molar-refractivity contribution >= 4 is 0 Å². The number of aliphatic hydroxyl groups excluding tert-OH is 1. The Morgan fingerprint density at radius 3 is 2.88 bits per heavy atom. The maximum atomic E-state index is 9.39. The van der Waals surface area contributed by atoms with Crippen LogP contribution in [0.15, 0.2) is 16.7 Å². The Balaban J connectivity index is 2.24. The number of hydrogen-bond acceptors (Lipinski definition) is 8. The predicted octanol–water partition coefficient (Wildman–Crippen LogP) is -0.473. The zero-order valence-corrected chi connectivity index (χ0v) is 9.07. The number of hydrogen-bond donors (Lipinski definition) is 2. The van der Waals surface area contributed by atoms with Gasteiger partial charge in [0.2, 0.25) is 11.7 Å². The third kappa shape index (κ3) is 2.37. The Bertz CT molecular complexity index is 484. The van der Waals surface area contributed by atoms with Crippen LogP contribution in [0.4, 0.5) is 0 Å². The molecule has 3 N–H and O–H groups in total. The molecule has 8 nitrogen and oxygen atoms in total. The fraction of sp³-hybridized carbons (Fsp3) is 0.333. The van der Waals surface area contributed by atoms with E-state index in [1.54, 1.807) is 12.1 Å². The van der Waals surface area contributed by atoms with Crippen molar-refractivity contribution in [2.75, 3.05) is 13.7 Å². The summed E-state index contributed by atoms with van der Waals surface area (Å²) in [6.07, 6.45) is -0.970. The van der Waals surface area contributed by atoms with E-state index in [4.69, 9.17) is 15.0 Å². The second-order valence-electron chi connectivity index (χ2n) is 3.17. The SMILES string of the molecule is COc1ccc(-c2noc(C(O)CN)n2)nn1. The summed E-state index contributed by atoms with van der Waals surface area (Å²) >= 11 is 0. The van der Waals surface area contributed by atoms with Crippen LogP contribution in [0.25, 0.3) is 11.5 Å². The highest BCUT2D eigenvalue weighted by Crippen LogP contribution is 2.16. The Morgan fingerprint density at radius 1 is 1.47 bits per heavy atom. The van der Waals surface area contributed by atoms with Crippen LogP contribution in [0.1, 0.15) is 12.0 Å². The molecule has 0 radical (unpaired) electrons. The van der Waals surface area contributed by atoms with Gasteiger partial charge in [-0.15, -0.1) is 10.2 Å². The van der Waals surface area contributed by atoms with Crippen LogP contribution >= 0.6 is 0 Å². The van der Waals surface area contributed by atoms with Gasteiger partial charge in [0.15, 0.2) is 0 Å². The first kappa shape index (κ1) is 11.4. The number of rotatable bonds is 4. The molecule has 0 aliphatic rings. The van der Waals surface area contributed by atoms with Crippen molar-refractivity contribution in [3.63, 3.8) is 0 Å². The molecular weight excluding hydrogens is 226 g/mol. The van der Waals surface area contributed by atoms with Crippen LogP contribution in [-0.4, -0.2) is 39.1 Å². The molecule has 1 unspecified atom stereocenters. The van der Waals surface area contributed by atoms with Gasteiger partial charge in [-0.25, -0.2) is 0 Å². The van der Waals surface area contributed by atoms with Crippen LogP contribution in [0.5, 0.6) is 5.88 Å². The van der Waals surface area contributed by atoms with Gasteiger partial charge in [0.25, 0.3) is 5.89 Å². The molecule has 0 spiro atoms. The Labute approximate surface area is 96.4 Å². The van der Waals surface area contributed by atoms with Crippen molar-refractivity contribution in [2.45, 2.75) is 6.10 Å². The van der Waals surface area contributed by atoms with Crippen molar-refractivity contribution < 1.29 is 14.4 Å². The summed E-state index contributed by atoms with van der Waals surface area (Å²) in [4.78, 5) is 3.96. The van der Waals surface area contributed by atoms with E-state index in [9.17, 15) is 5.11 Å². The summed E-state index contributed by atoms with van der Waals surface area (Å²) in [7, 11) is 1.49. The fourth-order valence-electron chi connectivity index (χ4n) is 1.12. The molecule has 17 heavy (non-hydrogen) atoms.